The van der Waals surface area contributed by atoms with Crippen LogP contribution in [0.15, 0.2) is 24.3 Å². The molecule has 2 rings (SSSR count). The van der Waals surface area contributed by atoms with Crippen LogP contribution in [0.3, 0.4) is 0 Å². The van der Waals surface area contributed by atoms with Gasteiger partial charge in [-0.1, -0.05) is 24.7 Å². The number of hydrogen-bond donors (Lipinski definition) is 3. The first-order valence-corrected chi connectivity index (χ1v) is 10.3. The Morgan fingerprint density at radius 3 is 2.15 bits per heavy atom. The number of benzene rings is 1. The Morgan fingerprint density at radius 2 is 1.58 bits per heavy atom. The van der Waals surface area contributed by atoms with Crippen molar-refractivity contribution in [2.75, 3.05) is 5.32 Å². The number of carbonyl (C=O) groups is 2. The average Bonchev–Trinajstić information content (AvgIpc) is 2.78. The molecule has 2 aromatic rings. The normalized spacial score (nSPS) is 12.5. The summed E-state index contributed by atoms with van der Waals surface area (Å²) < 4.78 is 53.5. The summed E-state index contributed by atoms with van der Waals surface area (Å²) in [6.45, 7) is 1.64. The number of nitrogens with two attached hydrogens (primary N) is 2. The van der Waals surface area contributed by atoms with E-state index >= 15 is 0 Å². The van der Waals surface area contributed by atoms with Gasteiger partial charge in [-0.3, -0.25) is 9.59 Å². The first kappa shape index (κ1) is 26.0. The number of nitrogens with zero attached hydrogens (tertiary/aromatic N) is 1. The van der Waals surface area contributed by atoms with E-state index in [-0.39, 0.29) is 11.3 Å². The molecule has 1 aromatic heterocycles. The minimum atomic E-state index is -1.79. The van der Waals surface area contributed by atoms with E-state index in [1.54, 1.807) is 6.92 Å². The van der Waals surface area contributed by atoms with Crippen LogP contribution in [-0.2, 0) is 9.59 Å². The van der Waals surface area contributed by atoms with Crippen LogP contribution in [0.25, 0.3) is 0 Å². The van der Waals surface area contributed by atoms with E-state index in [0.29, 0.717) is 31.4 Å². The van der Waals surface area contributed by atoms with Crippen LogP contribution in [0.5, 0.6) is 0 Å². The van der Waals surface area contributed by atoms with Crippen LogP contribution in [0.1, 0.15) is 50.2 Å². The van der Waals surface area contributed by atoms with E-state index in [0.717, 1.165) is 6.42 Å². The number of Topliss-reactive ketones (excluding diaryl/α,β-unsaturated/α-hetero) is 1. The lowest BCUT2D eigenvalue weighted by molar-refractivity contribution is -0.120. The minimum Gasteiger partial charge on any atom is -0.325 e. The topological polar surface area (TPSA) is 111 Å². The summed E-state index contributed by atoms with van der Waals surface area (Å²) in [6.07, 6.45) is 2.96. The number of ketones is 1. The fraction of sp³-hybridized carbons (Fsp3) is 0.348. The zero-order valence-corrected chi connectivity index (χ0v) is 17.9. The molecule has 33 heavy (non-hydrogen) atoms. The highest BCUT2D eigenvalue weighted by Gasteiger charge is 2.19. The molecule has 5 N–H and O–H groups in total. The van der Waals surface area contributed by atoms with Gasteiger partial charge in [-0.15, -0.1) is 0 Å². The molecular formula is C23H24F4N4O2. The summed E-state index contributed by atoms with van der Waals surface area (Å²) in [7, 11) is 0. The molecule has 0 radical (unpaired) electrons. The second-order valence-corrected chi connectivity index (χ2v) is 7.47. The monoisotopic (exact) mass is 464 g/mol. The largest absolute Gasteiger partial charge is 0.325 e. The first-order valence-electron chi connectivity index (χ1n) is 10.3. The number of halogens is 4. The Hall–Kier alpha value is -3.29. The maximum atomic E-state index is 13.6. The van der Waals surface area contributed by atoms with Crippen molar-refractivity contribution in [3.63, 3.8) is 0 Å². The maximum absolute atomic E-state index is 13.6. The summed E-state index contributed by atoms with van der Waals surface area (Å²) in [5.74, 6) is -2.89. The molecule has 6 nitrogen and oxygen atoms in total. The third-order valence-electron chi connectivity index (χ3n) is 4.76. The number of rotatable bonds is 9. The van der Waals surface area contributed by atoms with Gasteiger partial charge in [0.15, 0.2) is 11.6 Å². The van der Waals surface area contributed by atoms with Crippen LogP contribution in [0.4, 0.5) is 23.2 Å². The molecule has 0 aliphatic heterocycles. The lowest BCUT2D eigenvalue weighted by Gasteiger charge is -2.12. The van der Waals surface area contributed by atoms with E-state index < -0.39 is 47.1 Å². The molecule has 1 amide bonds. The van der Waals surface area contributed by atoms with Crippen molar-refractivity contribution in [3.05, 3.63) is 58.9 Å². The third kappa shape index (κ3) is 7.66. The molecule has 2 unspecified atom stereocenters. The van der Waals surface area contributed by atoms with Gasteiger partial charge in [-0.2, -0.15) is 13.8 Å². The molecule has 0 fully saturated rings. The van der Waals surface area contributed by atoms with Crippen LogP contribution < -0.4 is 16.8 Å². The van der Waals surface area contributed by atoms with E-state index in [1.165, 1.54) is 24.3 Å². The maximum Gasteiger partial charge on any atom is 0.253 e. The van der Waals surface area contributed by atoms with E-state index in [9.17, 15) is 27.2 Å². The quantitative estimate of drug-likeness (QED) is 0.229. The predicted molar refractivity (Wildman–Crippen MR) is 115 cm³/mol. The number of anilines is 1. The number of nitrogens with one attached hydrogen (secondary N) is 1. The summed E-state index contributed by atoms with van der Waals surface area (Å²) in [5.41, 5.74) is 11.0. The summed E-state index contributed by atoms with van der Waals surface area (Å²) in [5, 5.41) is 2.64. The predicted octanol–water partition coefficient (Wildman–Crippen LogP) is 3.17. The molecule has 1 aromatic carbocycles. The summed E-state index contributed by atoms with van der Waals surface area (Å²) in [4.78, 5) is 26.1. The van der Waals surface area contributed by atoms with Crippen molar-refractivity contribution in [1.82, 2.24) is 4.98 Å². The zero-order valence-electron chi connectivity index (χ0n) is 17.9. The number of amides is 1. The highest BCUT2D eigenvalue weighted by molar-refractivity contribution is 5.94. The summed E-state index contributed by atoms with van der Waals surface area (Å²) >= 11 is 0. The third-order valence-corrected chi connectivity index (χ3v) is 4.76. The van der Waals surface area contributed by atoms with Gasteiger partial charge in [0, 0.05) is 17.7 Å². The molecular weight excluding hydrogens is 440 g/mol. The highest BCUT2D eigenvalue weighted by Crippen LogP contribution is 2.16. The number of aromatic nitrogens is 1. The van der Waals surface area contributed by atoms with Gasteiger partial charge in [-0.05, 0) is 44.0 Å². The molecule has 2 atom stereocenters. The first-order chi connectivity index (χ1) is 15.6. The SMILES string of the molecule is CC(N)C(=O)CCCCCC(N)C(=O)Nc1ccc(C#Cc2c(F)c(F)nc(F)c2F)cc1. The van der Waals surface area contributed by atoms with E-state index in [1.807, 2.05) is 5.92 Å². The van der Waals surface area contributed by atoms with Gasteiger partial charge in [-0.25, -0.2) is 8.78 Å². The van der Waals surface area contributed by atoms with E-state index in [4.69, 9.17) is 11.5 Å². The highest BCUT2D eigenvalue weighted by atomic mass is 19.2. The van der Waals surface area contributed by atoms with E-state index in [2.05, 4.69) is 16.2 Å². The van der Waals surface area contributed by atoms with Gasteiger partial charge in [0.25, 0.3) is 11.9 Å². The molecule has 1 heterocycles. The molecule has 176 valence electrons. The Kier molecular flexibility index (Phi) is 9.51. The van der Waals surface area contributed by atoms with Crippen LogP contribution in [-0.4, -0.2) is 28.8 Å². The number of carbonyl (C=O) groups excluding carboxylic acids is 2. The van der Waals surface area contributed by atoms with Gasteiger partial charge >= 0.3 is 0 Å². The molecule has 0 saturated carbocycles. The van der Waals surface area contributed by atoms with Crippen LogP contribution in [0, 0.1) is 35.4 Å². The van der Waals surface area contributed by atoms with Crippen molar-refractivity contribution < 1.29 is 27.2 Å². The van der Waals surface area contributed by atoms with Crippen molar-refractivity contribution in [3.8, 4) is 11.8 Å². The van der Waals surface area contributed by atoms with Crippen molar-refractivity contribution in [2.45, 2.75) is 51.1 Å². The fourth-order valence-corrected chi connectivity index (χ4v) is 2.80. The molecule has 10 heteroatoms. The molecule has 0 saturated heterocycles. The molecule has 0 spiro atoms. The second kappa shape index (κ2) is 12.1. The minimum absolute atomic E-state index is 0.000511. The average molecular weight is 464 g/mol. The number of pyridine rings is 1. The van der Waals surface area contributed by atoms with Crippen LogP contribution in [0.2, 0.25) is 0 Å². The molecule has 0 aliphatic rings. The van der Waals surface area contributed by atoms with Gasteiger partial charge in [0.05, 0.1) is 12.1 Å². The number of unbranched alkanes of at least 4 members (excludes halogenated alkanes) is 2. The number of hydrogen-bond acceptors (Lipinski definition) is 5. The Labute approximate surface area is 188 Å². The molecule has 0 aliphatic carbocycles. The standard InChI is InChI=1S/C23H24F4N4O2/c1-13(28)18(32)6-4-2-3-5-17(29)23(33)30-15-10-7-14(8-11-15)9-12-16-19(24)21(26)31-22(27)20(16)25/h7-8,10-11,13,17H,2-6,28-29H2,1H3,(H,30,33). The lowest BCUT2D eigenvalue weighted by atomic mass is 10.0. The van der Waals surface area contributed by atoms with Crippen LogP contribution >= 0.6 is 0 Å². The Balaban J connectivity index is 1.88. The second-order valence-electron chi connectivity index (χ2n) is 7.47. The van der Waals surface area contributed by atoms with Gasteiger partial charge in [0.1, 0.15) is 11.3 Å². The van der Waals surface area contributed by atoms with Gasteiger partial charge < -0.3 is 16.8 Å². The Bertz CT molecular complexity index is 1040. The smallest absolute Gasteiger partial charge is 0.253 e. The van der Waals surface area contributed by atoms with Gasteiger partial charge in [0.2, 0.25) is 5.91 Å². The van der Waals surface area contributed by atoms with Crippen molar-refractivity contribution in [1.29, 1.82) is 0 Å². The Morgan fingerprint density at radius 1 is 0.970 bits per heavy atom. The molecule has 0 bridgehead atoms. The summed E-state index contributed by atoms with van der Waals surface area (Å²) in [6, 6.07) is 4.68. The van der Waals surface area contributed by atoms with Crippen molar-refractivity contribution in [2.24, 2.45) is 11.5 Å². The van der Waals surface area contributed by atoms with Crippen molar-refractivity contribution >= 4 is 17.4 Å². The fourth-order valence-electron chi connectivity index (χ4n) is 2.80. The lowest BCUT2D eigenvalue weighted by Crippen LogP contribution is -2.35. The zero-order chi connectivity index (χ0) is 24.5.